The minimum absolute atomic E-state index is 0.678. The van der Waals surface area contributed by atoms with E-state index in [1.807, 2.05) is 36.4 Å². The van der Waals surface area contributed by atoms with Crippen molar-refractivity contribution in [3.05, 3.63) is 194 Å². The molecule has 0 radical (unpaired) electrons. The van der Waals surface area contributed by atoms with Crippen molar-refractivity contribution in [2.45, 2.75) is 0 Å². The van der Waals surface area contributed by atoms with Gasteiger partial charge in [-0.2, -0.15) is 0 Å². The third-order valence-electron chi connectivity index (χ3n) is 11.3. The molecule has 0 bridgehead atoms. The van der Waals surface area contributed by atoms with E-state index in [9.17, 15) is 0 Å². The van der Waals surface area contributed by atoms with Crippen LogP contribution in [0.4, 0.5) is 0 Å². The Kier molecular flexibility index (Phi) is 6.86. The molecule has 0 spiro atoms. The van der Waals surface area contributed by atoms with Gasteiger partial charge in [0, 0.05) is 60.4 Å². The molecule has 4 aromatic heterocycles. The van der Waals surface area contributed by atoms with E-state index < -0.39 is 0 Å². The molecule has 8 aromatic carbocycles. The second-order valence-corrected chi connectivity index (χ2v) is 14.5. The molecule has 12 rings (SSSR count). The largest absolute Gasteiger partial charge is 0.454 e. The topological polar surface area (TPSA) is 48.8 Å². The number of furan rings is 1. The van der Waals surface area contributed by atoms with E-state index in [-0.39, 0.29) is 0 Å². The maximum Gasteiger partial charge on any atom is 0.160 e. The third kappa shape index (κ3) is 4.76. The van der Waals surface area contributed by atoms with E-state index in [1.165, 1.54) is 16.3 Å². The van der Waals surface area contributed by atoms with Gasteiger partial charge in [0.2, 0.25) is 0 Å². The van der Waals surface area contributed by atoms with Gasteiger partial charge in [-0.1, -0.05) is 133 Å². The van der Waals surface area contributed by atoms with Crippen molar-refractivity contribution >= 4 is 65.6 Å². The molecule has 0 unspecified atom stereocenters. The van der Waals surface area contributed by atoms with Gasteiger partial charge in [0.15, 0.2) is 11.4 Å². The Bertz CT molecular complexity index is 3430. The second kappa shape index (κ2) is 12.4. The van der Waals surface area contributed by atoms with Gasteiger partial charge in [0.1, 0.15) is 5.58 Å². The van der Waals surface area contributed by atoms with Crippen molar-refractivity contribution < 1.29 is 4.42 Å². The molecule has 12 aromatic rings. The predicted octanol–water partition coefficient (Wildman–Crippen LogP) is 13.6. The van der Waals surface area contributed by atoms with E-state index in [2.05, 4.69) is 167 Å². The Morgan fingerprint density at radius 1 is 0.368 bits per heavy atom. The Morgan fingerprint density at radius 3 is 1.49 bits per heavy atom. The minimum Gasteiger partial charge on any atom is -0.454 e. The highest BCUT2D eigenvalue weighted by Gasteiger charge is 2.27. The molecule has 0 aliphatic heterocycles. The molecule has 0 fully saturated rings. The van der Waals surface area contributed by atoms with E-state index >= 15 is 0 Å². The fraction of sp³-hybridized carbons (Fsp3) is 0. The zero-order chi connectivity index (χ0) is 37.5. The summed E-state index contributed by atoms with van der Waals surface area (Å²) in [6, 6.07) is 68.0. The second-order valence-electron chi connectivity index (χ2n) is 14.5. The van der Waals surface area contributed by atoms with Crippen LogP contribution in [-0.2, 0) is 0 Å². The first kappa shape index (κ1) is 31.6. The van der Waals surface area contributed by atoms with Gasteiger partial charge in [-0.05, 0) is 60.7 Å². The summed E-state index contributed by atoms with van der Waals surface area (Å²) in [5.74, 6) is 0.678. The molecule has 0 N–H and O–H groups in total. The van der Waals surface area contributed by atoms with Crippen molar-refractivity contribution in [2.24, 2.45) is 0 Å². The van der Waals surface area contributed by atoms with Crippen LogP contribution in [-0.4, -0.2) is 19.1 Å². The van der Waals surface area contributed by atoms with Crippen LogP contribution in [0.15, 0.2) is 199 Å². The Balaban J connectivity index is 1.16. The smallest absolute Gasteiger partial charge is 0.160 e. The predicted molar refractivity (Wildman–Crippen MR) is 234 cm³/mol. The number of para-hydroxylation sites is 4. The van der Waals surface area contributed by atoms with Gasteiger partial charge in [0.05, 0.1) is 33.5 Å². The van der Waals surface area contributed by atoms with Crippen LogP contribution in [0.5, 0.6) is 0 Å². The molecule has 57 heavy (non-hydrogen) atoms. The first-order valence-corrected chi connectivity index (χ1v) is 19.3. The van der Waals surface area contributed by atoms with Gasteiger partial charge >= 0.3 is 0 Å². The van der Waals surface area contributed by atoms with Crippen LogP contribution in [0.25, 0.3) is 111 Å². The standard InChI is InChI=1S/C52H32N4O/c1-4-16-33(17-5-1)41-32-42(34-18-6-2-7-19-34)54-52(53-41)35-28-30-37(31-29-35)56-44-26-14-11-23-39(44)48-49-46(47-40-24-12-15-27-45(40)57-51(47)50(48)56)38-22-10-13-25-43(38)55(49)36-20-8-3-9-21-36/h1-32H. The minimum atomic E-state index is 0.678. The van der Waals surface area contributed by atoms with Crippen molar-refractivity contribution in [2.75, 3.05) is 0 Å². The van der Waals surface area contributed by atoms with Crippen LogP contribution in [0.2, 0.25) is 0 Å². The highest BCUT2D eigenvalue weighted by Crippen LogP contribution is 2.49. The first-order valence-electron chi connectivity index (χ1n) is 19.3. The number of benzene rings is 8. The fourth-order valence-corrected chi connectivity index (χ4v) is 8.85. The lowest BCUT2D eigenvalue weighted by Gasteiger charge is -2.12. The highest BCUT2D eigenvalue weighted by atomic mass is 16.3. The molecule has 0 aliphatic carbocycles. The molecule has 5 nitrogen and oxygen atoms in total. The van der Waals surface area contributed by atoms with E-state index in [0.29, 0.717) is 5.82 Å². The molecule has 0 saturated heterocycles. The molecule has 0 aliphatic rings. The first-order chi connectivity index (χ1) is 28.3. The summed E-state index contributed by atoms with van der Waals surface area (Å²) in [6.07, 6.45) is 0. The normalized spacial score (nSPS) is 11.9. The summed E-state index contributed by atoms with van der Waals surface area (Å²) < 4.78 is 11.8. The molecule has 4 heterocycles. The van der Waals surface area contributed by atoms with Crippen LogP contribution in [0.3, 0.4) is 0 Å². The maximum atomic E-state index is 6.98. The van der Waals surface area contributed by atoms with Crippen molar-refractivity contribution in [1.82, 2.24) is 19.1 Å². The fourth-order valence-electron chi connectivity index (χ4n) is 8.85. The zero-order valence-electron chi connectivity index (χ0n) is 30.7. The zero-order valence-corrected chi connectivity index (χ0v) is 30.7. The average Bonchev–Trinajstić information content (AvgIpc) is 3.95. The summed E-state index contributed by atoms with van der Waals surface area (Å²) in [5, 5.41) is 6.94. The average molecular weight is 729 g/mol. The van der Waals surface area contributed by atoms with Gasteiger partial charge < -0.3 is 13.6 Å². The molecular formula is C52H32N4O. The van der Waals surface area contributed by atoms with Crippen LogP contribution in [0, 0.1) is 0 Å². The number of aromatic nitrogens is 4. The van der Waals surface area contributed by atoms with Gasteiger partial charge in [-0.3, -0.25) is 0 Å². The van der Waals surface area contributed by atoms with Gasteiger partial charge in [0.25, 0.3) is 0 Å². The monoisotopic (exact) mass is 728 g/mol. The Morgan fingerprint density at radius 2 is 0.860 bits per heavy atom. The van der Waals surface area contributed by atoms with E-state index in [1.54, 1.807) is 0 Å². The van der Waals surface area contributed by atoms with Gasteiger partial charge in [-0.25, -0.2) is 9.97 Å². The lowest BCUT2D eigenvalue weighted by molar-refractivity contribution is 0.671. The molecular weight excluding hydrogens is 697 g/mol. The molecule has 0 saturated carbocycles. The van der Waals surface area contributed by atoms with Crippen LogP contribution < -0.4 is 0 Å². The van der Waals surface area contributed by atoms with Crippen molar-refractivity contribution in [1.29, 1.82) is 0 Å². The highest BCUT2D eigenvalue weighted by molar-refractivity contribution is 6.39. The van der Waals surface area contributed by atoms with E-state index in [0.717, 1.165) is 88.7 Å². The quantitative estimate of drug-likeness (QED) is 0.177. The van der Waals surface area contributed by atoms with Crippen LogP contribution in [0.1, 0.15) is 0 Å². The van der Waals surface area contributed by atoms with E-state index in [4.69, 9.17) is 14.4 Å². The Labute approximate surface area is 327 Å². The number of hydrogen-bond acceptors (Lipinski definition) is 3. The van der Waals surface area contributed by atoms with Crippen molar-refractivity contribution in [3.8, 4) is 45.3 Å². The van der Waals surface area contributed by atoms with Crippen LogP contribution >= 0.6 is 0 Å². The lowest BCUT2D eigenvalue weighted by atomic mass is 10.0. The molecule has 0 atom stereocenters. The summed E-state index contributed by atoms with van der Waals surface area (Å²) in [4.78, 5) is 10.2. The number of rotatable bonds is 5. The molecule has 266 valence electrons. The Hall–Kier alpha value is -7.76. The third-order valence-corrected chi connectivity index (χ3v) is 11.3. The maximum absolute atomic E-state index is 6.98. The molecule has 5 heteroatoms. The molecule has 0 amide bonds. The number of hydrogen-bond donors (Lipinski definition) is 0. The summed E-state index contributed by atoms with van der Waals surface area (Å²) in [5.41, 5.74) is 13.2. The summed E-state index contributed by atoms with van der Waals surface area (Å²) >= 11 is 0. The number of fused-ring (bicyclic) bond motifs is 12. The van der Waals surface area contributed by atoms with Gasteiger partial charge in [-0.15, -0.1) is 0 Å². The summed E-state index contributed by atoms with van der Waals surface area (Å²) in [7, 11) is 0. The summed E-state index contributed by atoms with van der Waals surface area (Å²) in [6.45, 7) is 0. The number of nitrogens with zero attached hydrogens (tertiary/aromatic N) is 4. The van der Waals surface area contributed by atoms with Crippen molar-refractivity contribution in [3.63, 3.8) is 0 Å². The SMILES string of the molecule is c1ccc(-c2cc(-c3ccccc3)nc(-c3ccc(-n4c5ccccc5c5c4c4oc6ccccc6c4c4c6ccccc6n(-c6ccccc6)c45)cc3)n2)cc1. The lowest BCUT2D eigenvalue weighted by Crippen LogP contribution is -1.98.